The van der Waals surface area contributed by atoms with E-state index in [1.807, 2.05) is 12.1 Å². The molecule has 0 aromatic heterocycles. The van der Waals surface area contributed by atoms with Crippen molar-refractivity contribution in [1.82, 2.24) is 4.90 Å². The van der Waals surface area contributed by atoms with Gasteiger partial charge in [0.1, 0.15) is 11.5 Å². The first-order valence-electron chi connectivity index (χ1n) is 6.10. The Morgan fingerprint density at radius 2 is 1.94 bits per heavy atom. The number of unbranched alkanes of at least 4 members (excludes halogenated alkanes) is 1. The third-order valence-electron chi connectivity index (χ3n) is 2.83. The number of hydrogen-bond acceptors (Lipinski definition) is 3. The van der Waals surface area contributed by atoms with E-state index in [0.717, 1.165) is 24.6 Å². The standard InChI is InChI=1S/C14H23NO2/c1-5-6-9-15(2)11-12-7-8-13(16-3)10-14(12)17-4/h7-8,10H,5-6,9,11H2,1-4H3. The molecule has 1 aromatic rings. The Labute approximate surface area is 104 Å². The van der Waals surface area contributed by atoms with Crippen LogP contribution in [0, 0.1) is 0 Å². The molecular weight excluding hydrogens is 214 g/mol. The summed E-state index contributed by atoms with van der Waals surface area (Å²) >= 11 is 0. The minimum atomic E-state index is 0.835. The van der Waals surface area contributed by atoms with Gasteiger partial charge in [-0.15, -0.1) is 0 Å². The third-order valence-corrected chi connectivity index (χ3v) is 2.83. The average molecular weight is 237 g/mol. The molecule has 3 heteroatoms. The van der Waals surface area contributed by atoms with E-state index in [0.29, 0.717) is 0 Å². The van der Waals surface area contributed by atoms with Crippen molar-refractivity contribution in [3.05, 3.63) is 23.8 Å². The maximum atomic E-state index is 5.39. The van der Waals surface area contributed by atoms with Gasteiger partial charge in [0.25, 0.3) is 0 Å². The second-order valence-electron chi connectivity index (χ2n) is 4.27. The molecule has 0 N–H and O–H groups in total. The Hall–Kier alpha value is -1.22. The highest BCUT2D eigenvalue weighted by Crippen LogP contribution is 2.25. The van der Waals surface area contributed by atoms with Crippen molar-refractivity contribution in [1.29, 1.82) is 0 Å². The fourth-order valence-corrected chi connectivity index (χ4v) is 1.78. The molecule has 3 nitrogen and oxygen atoms in total. The summed E-state index contributed by atoms with van der Waals surface area (Å²) in [4.78, 5) is 2.31. The molecule has 17 heavy (non-hydrogen) atoms. The lowest BCUT2D eigenvalue weighted by Gasteiger charge is -2.18. The first kappa shape index (κ1) is 13.8. The molecule has 1 rings (SSSR count). The molecule has 0 atom stereocenters. The summed E-state index contributed by atoms with van der Waals surface area (Å²) in [5, 5.41) is 0. The highest BCUT2D eigenvalue weighted by Gasteiger charge is 2.07. The van der Waals surface area contributed by atoms with Gasteiger partial charge in [0, 0.05) is 18.2 Å². The van der Waals surface area contributed by atoms with Crippen LogP contribution in [0.5, 0.6) is 11.5 Å². The SMILES string of the molecule is CCCCN(C)Cc1ccc(OC)cc1OC. The van der Waals surface area contributed by atoms with Crippen molar-refractivity contribution in [2.24, 2.45) is 0 Å². The zero-order chi connectivity index (χ0) is 12.7. The van der Waals surface area contributed by atoms with Crippen LogP contribution in [0.15, 0.2) is 18.2 Å². The molecule has 0 aliphatic carbocycles. The van der Waals surface area contributed by atoms with Crippen LogP contribution in [0.4, 0.5) is 0 Å². The summed E-state index contributed by atoms with van der Waals surface area (Å²) in [6.07, 6.45) is 2.46. The second-order valence-corrected chi connectivity index (χ2v) is 4.27. The summed E-state index contributed by atoms with van der Waals surface area (Å²) in [6, 6.07) is 5.98. The molecule has 0 aliphatic heterocycles. The van der Waals surface area contributed by atoms with Gasteiger partial charge in [-0.1, -0.05) is 19.4 Å². The molecule has 1 aromatic carbocycles. The van der Waals surface area contributed by atoms with E-state index in [9.17, 15) is 0 Å². The normalized spacial score (nSPS) is 10.6. The van der Waals surface area contributed by atoms with Crippen molar-refractivity contribution in [3.63, 3.8) is 0 Å². The third kappa shape index (κ3) is 4.27. The predicted molar refractivity (Wildman–Crippen MR) is 70.8 cm³/mol. The fourth-order valence-electron chi connectivity index (χ4n) is 1.78. The van der Waals surface area contributed by atoms with Crippen LogP contribution in [0.2, 0.25) is 0 Å². The predicted octanol–water partition coefficient (Wildman–Crippen LogP) is 2.94. The van der Waals surface area contributed by atoms with Gasteiger partial charge in [-0.3, -0.25) is 0 Å². The quantitative estimate of drug-likeness (QED) is 0.728. The summed E-state index contributed by atoms with van der Waals surface area (Å²) in [5.41, 5.74) is 1.20. The fraction of sp³-hybridized carbons (Fsp3) is 0.571. The Morgan fingerprint density at radius 1 is 1.18 bits per heavy atom. The number of nitrogens with zero attached hydrogens (tertiary/aromatic N) is 1. The minimum Gasteiger partial charge on any atom is -0.497 e. The zero-order valence-electron chi connectivity index (χ0n) is 11.3. The van der Waals surface area contributed by atoms with Gasteiger partial charge in [0.2, 0.25) is 0 Å². The Bertz CT molecular complexity index is 339. The lowest BCUT2D eigenvalue weighted by Crippen LogP contribution is -2.19. The first-order chi connectivity index (χ1) is 8.21. The number of methoxy groups -OCH3 is 2. The van der Waals surface area contributed by atoms with Crippen LogP contribution in [0.3, 0.4) is 0 Å². The molecule has 0 aliphatic rings. The molecular formula is C14H23NO2. The maximum absolute atomic E-state index is 5.39. The van der Waals surface area contributed by atoms with E-state index in [4.69, 9.17) is 9.47 Å². The molecule has 0 saturated heterocycles. The average Bonchev–Trinajstić information content (AvgIpc) is 2.36. The number of ether oxygens (including phenoxy) is 2. The largest absolute Gasteiger partial charge is 0.497 e. The van der Waals surface area contributed by atoms with Crippen LogP contribution in [0.25, 0.3) is 0 Å². The molecule has 0 spiro atoms. The molecule has 96 valence electrons. The van der Waals surface area contributed by atoms with Gasteiger partial charge in [0.05, 0.1) is 14.2 Å². The van der Waals surface area contributed by atoms with Crippen LogP contribution in [-0.4, -0.2) is 32.7 Å². The van der Waals surface area contributed by atoms with E-state index < -0.39 is 0 Å². The highest BCUT2D eigenvalue weighted by atomic mass is 16.5. The lowest BCUT2D eigenvalue weighted by atomic mass is 10.1. The van der Waals surface area contributed by atoms with E-state index in [1.54, 1.807) is 14.2 Å². The summed E-state index contributed by atoms with van der Waals surface area (Å²) in [7, 11) is 5.51. The Morgan fingerprint density at radius 3 is 2.53 bits per heavy atom. The molecule has 0 saturated carbocycles. The number of hydrogen-bond donors (Lipinski definition) is 0. The van der Waals surface area contributed by atoms with Gasteiger partial charge >= 0.3 is 0 Å². The molecule has 0 unspecified atom stereocenters. The molecule has 0 fully saturated rings. The number of rotatable bonds is 7. The van der Waals surface area contributed by atoms with Crippen molar-refractivity contribution in [2.75, 3.05) is 27.8 Å². The minimum absolute atomic E-state index is 0.835. The monoisotopic (exact) mass is 237 g/mol. The first-order valence-corrected chi connectivity index (χ1v) is 6.10. The Balaban J connectivity index is 2.69. The van der Waals surface area contributed by atoms with Crippen LogP contribution >= 0.6 is 0 Å². The van der Waals surface area contributed by atoms with Gasteiger partial charge in [-0.05, 0) is 26.1 Å². The van der Waals surface area contributed by atoms with Gasteiger partial charge in [0.15, 0.2) is 0 Å². The second kappa shape index (κ2) is 7.17. The molecule has 0 bridgehead atoms. The van der Waals surface area contributed by atoms with Crippen LogP contribution < -0.4 is 9.47 Å². The van der Waals surface area contributed by atoms with E-state index in [2.05, 4.69) is 24.9 Å². The van der Waals surface area contributed by atoms with Gasteiger partial charge < -0.3 is 14.4 Å². The van der Waals surface area contributed by atoms with Crippen LogP contribution in [-0.2, 0) is 6.54 Å². The summed E-state index contributed by atoms with van der Waals surface area (Å²) in [5.74, 6) is 1.73. The van der Waals surface area contributed by atoms with E-state index in [-0.39, 0.29) is 0 Å². The smallest absolute Gasteiger partial charge is 0.127 e. The Kier molecular flexibility index (Phi) is 5.84. The summed E-state index contributed by atoms with van der Waals surface area (Å²) < 4.78 is 10.6. The van der Waals surface area contributed by atoms with E-state index in [1.165, 1.54) is 18.4 Å². The van der Waals surface area contributed by atoms with Crippen molar-refractivity contribution >= 4 is 0 Å². The maximum Gasteiger partial charge on any atom is 0.127 e. The van der Waals surface area contributed by atoms with Crippen molar-refractivity contribution in [3.8, 4) is 11.5 Å². The summed E-state index contributed by atoms with van der Waals surface area (Å²) in [6.45, 7) is 4.24. The lowest BCUT2D eigenvalue weighted by molar-refractivity contribution is 0.311. The van der Waals surface area contributed by atoms with Gasteiger partial charge in [-0.2, -0.15) is 0 Å². The highest BCUT2D eigenvalue weighted by molar-refractivity contribution is 5.40. The van der Waals surface area contributed by atoms with Crippen molar-refractivity contribution in [2.45, 2.75) is 26.3 Å². The van der Waals surface area contributed by atoms with Crippen molar-refractivity contribution < 1.29 is 9.47 Å². The van der Waals surface area contributed by atoms with E-state index >= 15 is 0 Å². The molecule has 0 amide bonds. The zero-order valence-corrected chi connectivity index (χ0v) is 11.3. The molecule has 0 radical (unpaired) electrons. The van der Waals surface area contributed by atoms with Gasteiger partial charge in [-0.25, -0.2) is 0 Å². The van der Waals surface area contributed by atoms with Crippen LogP contribution in [0.1, 0.15) is 25.3 Å². The molecule has 0 heterocycles. The topological polar surface area (TPSA) is 21.7 Å². The number of benzene rings is 1.